The Bertz CT molecular complexity index is 784. The molecule has 0 atom stereocenters. The Labute approximate surface area is 180 Å². The van der Waals surface area contributed by atoms with Crippen LogP contribution in [-0.2, 0) is 11.3 Å². The number of carbonyl (C=O) groups is 1. The van der Waals surface area contributed by atoms with Gasteiger partial charge in [-0.15, -0.1) is 0 Å². The maximum absolute atomic E-state index is 12.8. The van der Waals surface area contributed by atoms with Crippen molar-refractivity contribution < 1.29 is 14.6 Å². The van der Waals surface area contributed by atoms with Crippen molar-refractivity contribution in [1.82, 2.24) is 4.90 Å². The maximum Gasteiger partial charge on any atom is 0.229 e. The van der Waals surface area contributed by atoms with Crippen molar-refractivity contribution in [2.24, 2.45) is 0 Å². The SMILES string of the molecule is CCCCOc1ccc(N(C)C(=O)CC2(O)CCN(Cc3ccccc3)CC2)cc1. The van der Waals surface area contributed by atoms with E-state index >= 15 is 0 Å². The van der Waals surface area contributed by atoms with Crippen molar-refractivity contribution in [3.63, 3.8) is 0 Å². The third-order valence-corrected chi connectivity index (χ3v) is 5.88. The van der Waals surface area contributed by atoms with E-state index < -0.39 is 5.60 Å². The monoisotopic (exact) mass is 410 g/mol. The lowest BCUT2D eigenvalue weighted by atomic mass is 9.87. The Morgan fingerprint density at radius 2 is 1.77 bits per heavy atom. The van der Waals surface area contributed by atoms with Gasteiger partial charge in [0, 0.05) is 32.4 Å². The number of hydrogen-bond donors (Lipinski definition) is 1. The highest BCUT2D eigenvalue weighted by Crippen LogP contribution is 2.28. The van der Waals surface area contributed by atoms with E-state index in [1.165, 1.54) is 5.56 Å². The van der Waals surface area contributed by atoms with Crippen LogP contribution in [0.15, 0.2) is 54.6 Å². The van der Waals surface area contributed by atoms with Gasteiger partial charge in [0.2, 0.25) is 5.91 Å². The lowest BCUT2D eigenvalue weighted by molar-refractivity contribution is -0.125. The molecular formula is C25H34N2O3. The average Bonchev–Trinajstić information content (AvgIpc) is 2.76. The molecule has 0 spiro atoms. The van der Waals surface area contributed by atoms with Gasteiger partial charge < -0.3 is 14.7 Å². The molecule has 162 valence electrons. The van der Waals surface area contributed by atoms with E-state index in [0.29, 0.717) is 19.4 Å². The Morgan fingerprint density at radius 1 is 1.10 bits per heavy atom. The number of unbranched alkanes of at least 4 members (excludes halogenated alkanes) is 1. The van der Waals surface area contributed by atoms with Gasteiger partial charge in [0.25, 0.3) is 0 Å². The Kier molecular flexibility index (Phi) is 7.88. The van der Waals surface area contributed by atoms with Gasteiger partial charge in [-0.3, -0.25) is 9.69 Å². The van der Waals surface area contributed by atoms with Gasteiger partial charge in [-0.05, 0) is 49.1 Å². The van der Waals surface area contributed by atoms with Crippen LogP contribution in [0.1, 0.15) is 44.6 Å². The molecule has 2 aromatic carbocycles. The number of ether oxygens (including phenoxy) is 1. The number of carbonyl (C=O) groups excluding carboxylic acids is 1. The number of benzene rings is 2. The largest absolute Gasteiger partial charge is 0.494 e. The molecule has 5 heteroatoms. The number of nitrogens with zero attached hydrogens (tertiary/aromatic N) is 2. The van der Waals surface area contributed by atoms with Crippen molar-refractivity contribution in [1.29, 1.82) is 0 Å². The molecule has 1 saturated heterocycles. The molecule has 5 nitrogen and oxygen atoms in total. The summed E-state index contributed by atoms with van der Waals surface area (Å²) in [5.41, 5.74) is 1.16. The summed E-state index contributed by atoms with van der Waals surface area (Å²) >= 11 is 0. The van der Waals surface area contributed by atoms with Gasteiger partial charge in [-0.25, -0.2) is 0 Å². The van der Waals surface area contributed by atoms with Crippen molar-refractivity contribution in [3.8, 4) is 5.75 Å². The molecule has 30 heavy (non-hydrogen) atoms. The van der Waals surface area contributed by atoms with Crippen LogP contribution in [-0.4, -0.2) is 48.3 Å². The van der Waals surface area contributed by atoms with Crippen LogP contribution < -0.4 is 9.64 Å². The van der Waals surface area contributed by atoms with Gasteiger partial charge in [-0.1, -0.05) is 43.7 Å². The summed E-state index contributed by atoms with van der Waals surface area (Å²) in [6.45, 7) is 5.32. The van der Waals surface area contributed by atoms with E-state index in [1.807, 2.05) is 42.5 Å². The highest BCUT2D eigenvalue weighted by Gasteiger charge is 2.35. The third-order valence-electron chi connectivity index (χ3n) is 5.88. The fourth-order valence-corrected chi connectivity index (χ4v) is 3.79. The van der Waals surface area contributed by atoms with E-state index in [9.17, 15) is 9.90 Å². The molecule has 3 rings (SSSR count). The van der Waals surface area contributed by atoms with Crippen LogP contribution in [0.25, 0.3) is 0 Å². The predicted molar refractivity (Wildman–Crippen MR) is 121 cm³/mol. The third kappa shape index (κ3) is 6.31. The van der Waals surface area contributed by atoms with Gasteiger partial charge in [0.15, 0.2) is 0 Å². The molecule has 0 unspecified atom stereocenters. The van der Waals surface area contributed by atoms with Gasteiger partial charge in [0.1, 0.15) is 5.75 Å². The van der Waals surface area contributed by atoms with E-state index in [2.05, 4.69) is 24.0 Å². The first-order chi connectivity index (χ1) is 14.5. The molecular weight excluding hydrogens is 376 g/mol. The van der Waals surface area contributed by atoms with Gasteiger partial charge >= 0.3 is 0 Å². The Balaban J connectivity index is 1.48. The van der Waals surface area contributed by atoms with Crippen LogP contribution in [0.3, 0.4) is 0 Å². The Morgan fingerprint density at radius 3 is 2.40 bits per heavy atom. The first-order valence-corrected chi connectivity index (χ1v) is 11.0. The van der Waals surface area contributed by atoms with Crippen LogP contribution in [0.2, 0.25) is 0 Å². The van der Waals surface area contributed by atoms with Crippen LogP contribution in [0.5, 0.6) is 5.75 Å². The zero-order valence-electron chi connectivity index (χ0n) is 18.2. The number of amides is 1. The second-order valence-corrected chi connectivity index (χ2v) is 8.31. The zero-order valence-corrected chi connectivity index (χ0v) is 18.2. The minimum absolute atomic E-state index is 0.0614. The second kappa shape index (κ2) is 10.6. The smallest absolute Gasteiger partial charge is 0.229 e. The summed E-state index contributed by atoms with van der Waals surface area (Å²) in [6.07, 6.45) is 3.51. The summed E-state index contributed by atoms with van der Waals surface area (Å²) in [6, 6.07) is 17.9. The van der Waals surface area contributed by atoms with E-state index in [4.69, 9.17) is 4.74 Å². The van der Waals surface area contributed by atoms with Crippen LogP contribution in [0.4, 0.5) is 5.69 Å². The highest BCUT2D eigenvalue weighted by atomic mass is 16.5. The van der Waals surface area contributed by atoms with Crippen molar-refractivity contribution in [2.75, 3.05) is 31.6 Å². The molecule has 0 saturated carbocycles. The molecule has 1 heterocycles. The van der Waals surface area contributed by atoms with E-state index in [-0.39, 0.29) is 12.3 Å². The molecule has 1 amide bonds. The summed E-state index contributed by atoms with van der Waals surface area (Å²) in [5.74, 6) is 0.756. The molecule has 2 aromatic rings. The standard InChI is InChI=1S/C25H34N2O3/c1-3-4-18-30-23-12-10-22(11-13-23)26(2)24(28)19-25(29)14-16-27(17-15-25)20-21-8-6-5-7-9-21/h5-13,29H,3-4,14-20H2,1-2H3. The topological polar surface area (TPSA) is 53.0 Å². The number of piperidine rings is 1. The maximum atomic E-state index is 12.8. The van der Waals surface area contributed by atoms with Gasteiger partial charge in [0.05, 0.1) is 18.6 Å². The average molecular weight is 411 g/mol. The fraction of sp³-hybridized carbons (Fsp3) is 0.480. The first kappa shape index (κ1) is 22.3. The van der Waals surface area contributed by atoms with Crippen LogP contribution in [0, 0.1) is 0 Å². The Hall–Kier alpha value is -2.37. The molecule has 0 aromatic heterocycles. The molecule has 1 fully saturated rings. The fourth-order valence-electron chi connectivity index (χ4n) is 3.79. The number of likely N-dealkylation sites (tertiary alicyclic amines) is 1. The van der Waals surface area contributed by atoms with Crippen molar-refractivity contribution in [3.05, 3.63) is 60.2 Å². The number of hydrogen-bond acceptors (Lipinski definition) is 4. The highest BCUT2D eigenvalue weighted by molar-refractivity contribution is 5.93. The summed E-state index contributed by atoms with van der Waals surface area (Å²) < 4.78 is 5.68. The molecule has 0 bridgehead atoms. The van der Waals surface area contributed by atoms with Crippen LogP contribution >= 0.6 is 0 Å². The minimum Gasteiger partial charge on any atom is -0.494 e. The first-order valence-electron chi connectivity index (χ1n) is 11.0. The number of anilines is 1. The summed E-state index contributed by atoms with van der Waals surface area (Å²) in [4.78, 5) is 16.8. The lowest BCUT2D eigenvalue weighted by Crippen LogP contribution is -2.47. The van der Waals surface area contributed by atoms with Gasteiger partial charge in [-0.2, -0.15) is 0 Å². The van der Waals surface area contributed by atoms with E-state index in [1.54, 1.807) is 11.9 Å². The zero-order chi connectivity index (χ0) is 21.4. The molecule has 0 radical (unpaired) electrons. The van der Waals surface area contributed by atoms with E-state index in [0.717, 1.165) is 43.9 Å². The predicted octanol–water partition coefficient (Wildman–Crippen LogP) is 4.25. The molecule has 1 aliphatic rings. The normalized spacial score (nSPS) is 16.2. The summed E-state index contributed by atoms with van der Waals surface area (Å²) in [7, 11) is 1.77. The van der Waals surface area contributed by atoms with Crippen molar-refractivity contribution >= 4 is 11.6 Å². The molecule has 1 N–H and O–H groups in total. The molecule has 0 aliphatic carbocycles. The van der Waals surface area contributed by atoms with Crippen molar-refractivity contribution in [2.45, 2.75) is 51.2 Å². The molecule has 1 aliphatic heterocycles. The summed E-state index contributed by atoms with van der Waals surface area (Å²) in [5, 5.41) is 11.0. The minimum atomic E-state index is -0.929. The quantitative estimate of drug-likeness (QED) is 0.628. The lowest BCUT2D eigenvalue weighted by Gasteiger charge is -2.38. The second-order valence-electron chi connectivity index (χ2n) is 8.31. The number of rotatable bonds is 9. The number of aliphatic hydroxyl groups is 1.